The predicted octanol–water partition coefficient (Wildman–Crippen LogP) is 3.31. The summed E-state index contributed by atoms with van der Waals surface area (Å²) < 4.78 is 0. The van der Waals surface area contributed by atoms with Crippen molar-refractivity contribution in [2.24, 2.45) is 11.8 Å². The normalized spacial score (nSPS) is 35.2. The number of rotatable bonds is 1. The molecule has 2 atom stereocenters. The van der Waals surface area contributed by atoms with E-state index in [9.17, 15) is 0 Å². The van der Waals surface area contributed by atoms with Crippen molar-refractivity contribution in [1.29, 1.82) is 0 Å². The molecule has 2 aliphatic rings. The van der Waals surface area contributed by atoms with Gasteiger partial charge in [0.05, 0.1) is 0 Å². The zero-order chi connectivity index (χ0) is 7.68. The zero-order valence-corrected chi connectivity index (χ0v) is 7.22. The molecule has 0 heteroatoms. The van der Waals surface area contributed by atoms with Crippen molar-refractivity contribution in [3.8, 4) is 0 Å². The van der Waals surface area contributed by atoms with Crippen LogP contribution in [0.4, 0.5) is 0 Å². The summed E-state index contributed by atoms with van der Waals surface area (Å²) in [6.45, 7) is 2.31. The lowest BCUT2D eigenvalue weighted by Gasteiger charge is -2.28. The first-order chi connectivity index (χ1) is 5.42. The van der Waals surface area contributed by atoms with E-state index in [-0.39, 0.29) is 0 Å². The molecular formula is C11H16. The summed E-state index contributed by atoms with van der Waals surface area (Å²) in [6.07, 6.45) is 12.6. The van der Waals surface area contributed by atoms with Crippen LogP contribution >= 0.6 is 0 Å². The maximum Gasteiger partial charge on any atom is -0.00143 e. The Bertz CT molecular complexity index is 198. The SMILES string of the molecule is CCC1CCCC2C=CC=C21. The summed E-state index contributed by atoms with van der Waals surface area (Å²) in [4.78, 5) is 0. The Morgan fingerprint density at radius 1 is 1.45 bits per heavy atom. The Balaban J connectivity index is 2.14. The van der Waals surface area contributed by atoms with Crippen molar-refractivity contribution in [1.82, 2.24) is 0 Å². The molecule has 1 saturated carbocycles. The molecule has 0 aromatic rings. The fraction of sp³-hybridized carbons (Fsp3) is 0.636. The highest BCUT2D eigenvalue weighted by Crippen LogP contribution is 2.39. The maximum absolute atomic E-state index is 2.37. The number of allylic oxidation sites excluding steroid dienone is 4. The monoisotopic (exact) mass is 148 g/mol. The Morgan fingerprint density at radius 2 is 2.36 bits per heavy atom. The van der Waals surface area contributed by atoms with E-state index < -0.39 is 0 Å². The minimum atomic E-state index is 0.827. The van der Waals surface area contributed by atoms with Crippen molar-refractivity contribution < 1.29 is 0 Å². The average Bonchev–Trinajstić information content (AvgIpc) is 2.50. The van der Waals surface area contributed by atoms with Crippen LogP contribution in [0.3, 0.4) is 0 Å². The van der Waals surface area contributed by atoms with Crippen molar-refractivity contribution in [2.75, 3.05) is 0 Å². The first-order valence-corrected chi connectivity index (χ1v) is 4.80. The van der Waals surface area contributed by atoms with Gasteiger partial charge >= 0.3 is 0 Å². The van der Waals surface area contributed by atoms with Gasteiger partial charge in [-0.1, -0.05) is 37.1 Å². The van der Waals surface area contributed by atoms with E-state index in [2.05, 4.69) is 25.2 Å². The molecule has 0 radical (unpaired) electrons. The molecule has 0 bridgehead atoms. The highest BCUT2D eigenvalue weighted by Gasteiger charge is 2.25. The van der Waals surface area contributed by atoms with E-state index in [1.54, 1.807) is 5.57 Å². The molecule has 0 N–H and O–H groups in total. The van der Waals surface area contributed by atoms with Gasteiger partial charge in [0.15, 0.2) is 0 Å². The van der Waals surface area contributed by atoms with Gasteiger partial charge in [0.2, 0.25) is 0 Å². The molecular weight excluding hydrogens is 132 g/mol. The van der Waals surface area contributed by atoms with Crippen LogP contribution in [0, 0.1) is 11.8 Å². The zero-order valence-electron chi connectivity index (χ0n) is 7.22. The van der Waals surface area contributed by atoms with Crippen molar-refractivity contribution in [3.05, 3.63) is 23.8 Å². The molecule has 0 aromatic heterocycles. The Kier molecular flexibility index (Phi) is 1.85. The van der Waals surface area contributed by atoms with Gasteiger partial charge < -0.3 is 0 Å². The molecule has 1 fully saturated rings. The van der Waals surface area contributed by atoms with E-state index in [0.717, 1.165) is 11.8 Å². The van der Waals surface area contributed by atoms with Crippen LogP contribution < -0.4 is 0 Å². The maximum atomic E-state index is 2.37. The van der Waals surface area contributed by atoms with E-state index in [1.165, 1.54) is 25.7 Å². The molecule has 0 spiro atoms. The first-order valence-electron chi connectivity index (χ1n) is 4.80. The van der Waals surface area contributed by atoms with Crippen LogP contribution in [0.25, 0.3) is 0 Å². The fourth-order valence-corrected chi connectivity index (χ4v) is 2.43. The van der Waals surface area contributed by atoms with Crippen LogP contribution in [0.5, 0.6) is 0 Å². The van der Waals surface area contributed by atoms with Gasteiger partial charge in [0, 0.05) is 0 Å². The van der Waals surface area contributed by atoms with E-state index in [0.29, 0.717) is 0 Å². The molecule has 60 valence electrons. The lowest BCUT2D eigenvalue weighted by atomic mass is 9.77. The van der Waals surface area contributed by atoms with Crippen LogP contribution in [-0.2, 0) is 0 Å². The van der Waals surface area contributed by atoms with Gasteiger partial charge in [0.1, 0.15) is 0 Å². The standard InChI is InChI=1S/C11H16/c1-2-9-5-3-6-10-7-4-8-11(9)10/h4,7-10H,2-3,5-6H2,1H3. The Hall–Kier alpha value is -0.520. The highest BCUT2D eigenvalue weighted by atomic mass is 14.3. The van der Waals surface area contributed by atoms with Crippen molar-refractivity contribution >= 4 is 0 Å². The van der Waals surface area contributed by atoms with Crippen LogP contribution in [0.1, 0.15) is 32.6 Å². The van der Waals surface area contributed by atoms with Crippen LogP contribution in [0.2, 0.25) is 0 Å². The second kappa shape index (κ2) is 2.84. The quantitative estimate of drug-likeness (QED) is 0.535. The minimum Gasteiger partial charge on any atom is -0.0773 e. The molecule has 0 heterocycles. The Labute approximate surface area is 69.0 Å². The number of fused-ring (bicyclic) bond motifs is 1. The van der Waals surface area contributed by atoms with E-state index in [1.807, 2.05) is 0 Å². The average molecular weight is 148 g/mol. The minimum absolute atomic E-state index is 0.827. The Morgan fingerprint density at radius 3 is 3.18 bits per heavy atom. The second-order valence-corrected chi connectivity index (χ2v) is 3.69. The lowest BCUT2D eigenvalue weighted by molar-refractivity contribution is 0.401. The largest absolute Gasteiger partial charge is 0.0773 e. The summed E-state index contributed by atoms with van der Waals surface area (Å²) in [5, 5.41) is 0. The molecule has 0 aliphatic heterocycles. The van der Waals surface area contributed by atoms with Gasteiger partial charge in [-0.3, -0.25) is 0 Å². The molecule has 2 unspecified atom stereocenters. The molecule has 0 saturated heterocycles. The third-order valence-electron chi connectivity index (χ3n) is 3.09. The molecule has 2 rings (SSSR count). The van der Waals surface area contributed by atoms with Gasteiger partial charge in [-0.25, -0.2) is 0 Å². The van der Waals surface area contributed by atoms with Crippen molar-refractivity contribution in [3.63, 3.8) is 0 Å². The lowest BCUT2D eigenvalue weighted by Crippen LogP contribution is -2.15. The van der Waals surface area contributed by atoms with Gasteiger partial charge in [0.25, 0.3) is 0 Å². The van der Waals surface area contributed by atoms with Gasteiger partial charge in [-0.15, -0.1) is 0 Å². The number of hydrogen-bond acceptors (Lipinski definition) is 0. The summed E-state index contributed by atoms with van der Waals surface area (Å²) in [5.41, 5.74) is 1.72. The number of hydrogen-bond donors (Lipinski definition) is 0. The summed E-state index contributed by atoms with van der Waals surface area (Å²) in [6, 6.07) is 0. The third kappa shape index (κ3) is 1.15. The van der Waals surface area contributed by atoms with Crippen LogP contribution in [0.15, 0.2) is 23.8 Å². The van der Waals surface area contributed by atoms with Gasteiger partial charge in [-0.05, 0) is 31.1 Å². The first kappa shape index (κ1) is 7.15. The summed E-state index contributed by atoms with van der Waals surface area (Å²) in [7, 11) is 0. The molecule has 0 aromatic carbocycles. The van der Waals surface area contributed by atoms with E-state index >= 15 is 0 Å². The third-order valence-corrected chi connectivity index (χ3v) is 3.09. The smallest absolute Gasteiger partial charge is 0.00143 e. The summed E-state index contributed by atoms with van der Waals surface area (Å²) in [5.74, 6) is 1.73. The molecule has 0 nitrogen and oxygen atoms in total. The van der Waals surface area contributed by atoms with Crippen molar-refractivity contribution in [2.45, 2.75) is 32.6 Å². The molecule has 0 amide bonds. The highest BCUT2D eigenvalue weighted by molar-refractivity contribution is 5.30. The summed E-state index contributed by atoms with van der Waals surface area (Å²) >= 11 is 0. The topological polar surface area (TPSA) is 0 Å². The van der Waals surface area contributed by atoms with Crippen LogP contribution in [-0.4, -0.2) is 0 Å². The van der Waals surface area contributed by atoms with Gasteiger partial charge in [-0.2, -0.15) is 0 Å². The predicted molar refractivity (Wildman–Crippen MR) is 48.3 cm³/mol. The fourth-order valence-electron chi connectivity index (χ4n) is 2.43. The second-order valence-electron chi connectivity index (χ2n) is 3.69. The van der Waals surface area contributed by atoms with E-state index in [4.69, 9.17) is 0 Å². The molecule has 11 heavy (non-hydrogen) atoms. The molecule has 2 aliphatic carbocycles.